The Labute approximate surface area is 114 Å². The van der Waals surface area contributed by atoms with Crippen molar-refractivity contribution in [2.24, 2.45) is 0 Å². The summed E-state index contributed by atoms with van der Waals surface area (Å²) in [5.74, 6) is -0.0638. The smallest absolute Gasteiger partial charge is 0.153 e. The SMILES string of the molecule is Cc1ccnc(Nc2c(Cl)cc(F)cc2Cl)c1N. The average molecular weight is 286 g/mol. The van der Waals surface area contributed by atoms with Crippen LogP contribution in [0.5, 0.6) is 0 Å². The molecule has 0 bridgehead atoms. The highest BCUT2D eigenvalue weighted by molar-refractivity contribution is 6.39. The number of rotatable bonds is 2. The minimum atomic E-state index is -0.499. The molecular formula is C12H10Cl2FN3. The molecule has 2 aromatic rings. The normalized spacial score (nSPS) is 10.4. The summed E-state index contributed by atoms with van der Waals surface area (Å²) < 4.78 is 13.1. The van der Waals surface area contributed by atoms with Crippen LogP contribution in [0.3, 0.4) is 0 Å². The molecule has 3 N–H and O–H groups in total. The monoisotopic (exact) mass is 285 g/mol. The molecule has 94 valence electrons. The number of nitrogens with one attached hydrogen (secondary N) is 1. The molecule has 0 aliphatic carbocycles. The molecule has 1 aromatic carbocycles. The largest absolute Gasteiger partial charge is 0.396 e. The molecule has 0 spiro atoms. The lowest BCUT2D eigenvalue weighted by atomic mass is 10.2. The van der Waals surface area contributed by atoms with Crippen LogP contribution in [-0.4, -0.2) is 4.98 Å². The van der Waals surface area contributed by atoms with Crippen LogP contribution in [0.1, 0.15) is 5.56 Å². The van der Waals surface area contributed by atoms with Gasteiger partial charge in [0.05, 0.1) is 21.4 Å². The van der Waals surface area contributed by atoms with Gasteiger partial charge in [0.25, 0.3) is 0 Å². The van der Waals surface area contributed by atoms with Gasteiger partial charge in [0.1, 0.15) is 5.82 Å². The van der Waals surface area contributed by atoms with E-state index in [9.17, 15) is 4.39 Å². The minimum Gasteiger partial charge on any atom is -0.396 e. The number of nitrogens with two attached hydrogens (primary N) is 1. The van der Waals surface area contributed by atoms with Crippen molar-refractivity contribution < 1.29 is 4.39 Å². The molecule has 0 fully saturated rings. The minimum absolute atomic E-state index is 0.169. The molecule has 0 atom stereocenters. The number of anilines is 3. The van der Waals surface area contributed by atoms with Gasteiger partial charge in [-0.25, -0.2) is 9.37 Å². The summed E-state index contributed by atoms with van der Waals surface area (Å²) in [6.07, 6.45) is 1.61. The molecule has 18 heavy (non-hydrogen) atoms. The van der Waals surface area contributed by atoms with Crippen LogP contribution in [-0.2, 0) is 0 Å². The maximum atomic E-state index is 13.1. The summed E-state index contributed by atoms with van der Waals surface area (Å²) in [4.78, 5) is 4.09. The predicted molar refractivity (Wildman–Crippen MR) is 73.1 cm³/mol. The van der Waals surface area contributed by atoms with Gasteiger partial charge < -0.3 is 11.1 Å². The quantitative estimate of drug-likeness (QED) is 0.871. The standard InChI is InChI=1S/C12H10Cl2FN3/c1-6-2-3-17-12(10(6)16)18-11-8(13)4-7(15)5-9(11)14/h2-5H,16H2,1H3,(H,17,18). The molecule has 2 rings (SSSR count). The zero-order valence-corrected chi connectivity index (χ0v) is 11.0. The Kier molecular flexibility index (Phi) is 3.59. The maximum absolute atomic E-state index is 13.1. The molecule has 1 aromatic heterocycles. The van der Waals surface area contributed by atoms with E-state index in [-0.39, 0.29) is 10.0 Å². The van der Waals surface area contributed by atoms with E-state index in [0.29, 0.717) is 17.2 Å². The molecule has 0 amide bonds. The fourth-order valence-corrected chi connectivity index (χ4v) is 2.00. The fraction of sp³-hybridized carbons (Fsp3) is 0.0833. The van der Waals surface area contributed by atoms with E-state index in [1.165, 1.54) is 12.1 Å². The van der Waals surface area contributed by atoms with E-state index in [1.807, 2.05) is 6.92 Å². The second kappa shape index (κ2) is 5.00. The van der Waals surface area contributed by atoms with Gasteiger partial charge in [0.2, 0.25) is 0 Å². The number of halogens is 3. The van der Waals surface area contributed by atoms with Crippen molar-refractivity contribution >= 4 is 40.4 Å². The van der Waals surface area contributed by atoms with Crippen LogP contribution < -0.4 is 11.1 Å². The molecule has 0 radical (unpaired) electrons. The number of nitrogen functional groups attached to an aromatic ring is 1. The van der Waals surface area contributed by atoms with Crippen LogP contribution in [0.15, 0.2) is 24.4 Å². The molecule has 0 saturated heterocycles. The number of benzene rings is 1. The molecule has 1 heterocycles. The van der Waals surface area contributed by atoms with Gasteiger partial charge in [0.15, 0.2) is 5.82 Å². The highest BCUT2D eigenvalue weighted by Crippen LogP contribution is 2.34. The lowest BCUT2D eigenvalue weighted by Gasteiger charge is -2.12. The fourth-order valence-electron chi connectivity index (χ4n) is 1.45. The zero-order valence-electron chi connectivity index (χ0n) is 9.47. The Morgan fingerprint density at radius 1 is 1.28 bits per heavy atom. The number of aryl methyl sites for hydroxylation is 1. The molecule has 0 aliphatic rings. The van der Waals surface area contributed by atoms with Crippen molar-refractivity contribution in [2.45, 2.75) is 6.92 Å². The number of hydrogen-bond acceptors (Lipinski definition) is 3. The first-order valence-electron chi connectivity index (χ1n) is 5.11. The first-order chi connectivity index (χ1) is 8.49. The second-order valence-electron chi connectivity index (χ2n) is 3.76. The van der Waals surface area contributed by atoms with E-state index in [4.69, 9.17) is 28.9 Å². The first-order valence-corrected chi connectivity index (χ1v) is 5.87. The van der Waals surface area contributed by atoms with Gasteiger partial charge in [-0.3, -0.25) is 0 Å². The van der Waals surface area contributed by atoms with E-state index >= 15 is 0 Å². The summed E-state index contributed by atoms with van der Waals surface area (Å²) in [5.41, 5.74) is 7.63. The molecule has 3 nitrogen and oxygen atoms in total. The van der Waals surface area contributed by atoms with Gasteiger partial charge in [-0.2, -0.15) is 0 Å². The van der Waals surface area contributed by atoms with Crippen molar-refractivity contribution in [2.75, 3.05) is 11.1 Å². The third kappa shape index (κ3) is 2.49. The average Bonchev–Trinajstić information content (AvgIpc) is 2.28. The number of pyridine rings is 1. The summed E-state index contributed by atoms with van der Waals surface area (Å²) in [5, 5.41) is 3.25. The van der Waals surface area contributed by atoms with E-state index in [0.717, 1.165) is 5.56 Å². The molecule has 0 unspecified atom stereocenters. The Morgan fingerprint density at radius 2 is 1.89 bits per heavy atom. The highest BCUT2D eigenvalue weighted by atomic mass is 35.5. The summed E-state index contributed by atoms with van der Waals surface area (Å²) in [6, 6.07) is 4.12. The zero-order chi connectivity index (χ0) is 13.3. The Bertz CT molecular complexity index is 579. The lowest BCUT2D eigenvalue weighted by Crippen LogP contribution is -2.02. The predicted octanol–water partition coefficient (Wildman–Crippen LogP) is 4.16. The molecule has 0 saturated carbocycles. The third-order valence-corrected chi connectivity index (χ3v) is 3.05. The molecule has 6 heteroatoms. The van der Waals surface area contributed by atoms with Gasteiger partial charge >= 0.3 is 0 Å². The van der Waals surface area contributed by atoms with E-state index in [1.54, 1.807) is 12.3 Å². The number of nitrogens with zero attached hydrogens (tertiary/aromatic N) is 1. The van der Waals surface area contributed by atoms with Crippen LogP contribution >= 0.6 is 23.2 Å². The molecule has 0 aliphatic heterocycles. The Hall–Kier alpha value is -1.52. The van der Waals surface area contributed by atoms with Crippen LogP contribution in [0.25, 0.3) is 0 Å². The van der Waals surface area contributed by atoms with Gasteiger partial charge in [0, 0.05) is 6.20 Å². The maximum Gasteiger partial charge on any atom is 0.153 e. The van der Waals surface area contributed by atoms with Gasteiger partial charge in [-0.05, 0) is 30.7 Å². The summed E-state index contributed by atoms with van der Waals surface area (Å²) in [6.45, 7) is 1.86. The van der Waals surface area contributed by atoms with E-state index in [2.05, 4.69) is 10.3 Å². The van der Waals surface area contributed by atoms with Crippen LogP contribution in [0.4, 0.5) is 21.6 Å². The third-order valence-electron chi connectivity index (χ3n) is 2.46. The van der Waals surface area contributed by atoms with Crippen molar-refractivity contribution in [3.8, 4) is 0 Å². The molecular weight excluding hydrogens is 276 g/mol. The lowest BCUT2D eigenvalue weighted by molar-refractivity contribution is 0.628. The van der Waals surface area contributed by atoms with Crippen molar-refractivity contribution in [1.82, 2.24) is 4.98 Å². The number of hydrogen-bond donors (Lipinski definition) is 2. The van der Waals surface area contributed by atoms with Crippen LogP contribution in [0.2, 0.25) is 10.0 Å². The summed E-state index contributed by atoms with van der Waals surface area (Å²) in [7, 11) is 0. The Balaban J connectivity index is 2.43. The van der Waals surface area contributed by atoms with Gasteiger partial charge in [-0.15, -0.1) is 0 Å². The first kappa shape index (κ1) is 12.9. The van der Waals surface area contributed by atoms with E-state index < -0.39 is 5.82 Å². The second-order valence-corrected chi connectivity index (χ2v) is 4.57. The highest BCUT2D eigenvalue weighted by Gasteiger charge is 2.11. The number of aromatic nitrogens is 1. The van der Waals surface area contributed by atoms with Crippen molar-refractivity contribution in [1.29, 1.82) is 0 Å². The van der Waals surface area contributed by atoms with Crippen molar-refractivity contribution in [3.05, 3.63) is 45.8 Å². The van der Waals surface area contributed by atoms with Crippen LogP contribution in [0, 0.1) is 12.7 Å². The topological polar surface area (TPSA) is 50.9 Å². The Morgan fingerprint density at radius 3 is 2.50 bits per heavy atom. The summed E-state index contributed by atoms with van der Waals surface area (Å²) >= 11 is 11.8. The van der Waals surface area contributed by atoms with Gasteiger partial charge in [-0.1, -0.05) is 23.2 Å². The van der Waals surface area contributed by atoms with Crippen molar-refractivity contribution in [3.63, 3.8) is 0 Å².